The van der Waals surface area contributed by atoms with Gasteiger partial charge in [-0.1, -0.05) is 29.3 Å². The molecule has 0 unspecified atom stereocenters. The molecule has 156 valence electrons. The maximum absolute atomic E-state index is 12.6. The van der Waals surface area contributed by atoms with Crippen molar-refractivity contribution in [1.82, 2.24) is 0 Å². The van der Waals surface area contributed by atoms with Crippen molar-refractivity contribution in [3.05, 3.63) is 87.8 Å². The Balaban J connectivity index is 1.47. The van der Waals surface area contributed by atoms with Crippen molar-refractivity contribution in [2.75, 3.05) is 12.4 Å². The summed E-state index contributed by atoms with van der Waals surface area (Å²) in [5, 5.41) is 3.90. The molecule has 1 heterocycles. The van der Waals surface area contributed by atoms with Gasteiger partial charge in [0.2, 0.25) is 0 Å². The number of methoxy groups -OCH3 is 1. The lowest BCUT2D eigenvalue weighted by Gasteiger charge is -2.07. The number of rotatable bonds is 5. The van der Waals surface area contributed by atoms with E-state index in [1.807, 2.05) is 43.3 Å². The minimum absolute atomic E-state index is 0.247. The fraction of sp³-hybridized carbons (Fsp3) is 0.0833. The topological polar surface area (TPSA) is 64.6 Å². The van der Waals surface area contributed by atoms with Crippen molar-refractivity contribution in [3.63, 3.8) is 0 Å². The van der Waals surface area contributed by atoms with Crippen LogP contribution in [0, 0.1) is 6.92 Å². The van der Waals surface area contributed by atoms with E-state index >= 15 is 0 Å². The van der Waals surface area contributed by atoms with Gasteiger partial charge in [0.1, 0.15) is 16.4 Å². The third-order valence-corrected chi connectivity index (χ3v) is 6.31. The number of carbonyl (C=O) groups is 2. The van der Waals surface area contributed by atoms with E-state index in [2.05, 4.69) is 5.32 Å². The highest BCUT2D eigenvalue weighted by Crippen LogP contribution is 2.37. The van der Waals surface area contributed by atoms with Gasteiger partial charge in [-0.2, -0.15) is 0 Å². The lowest BCUT2D eigenvalue weighted by atomic mass is 10.2. The number of hydrogen-bond donors (Lipinski definition) is 1. The lowest BCUT2D eigenvalue weighted by Crippen LogP contribution is -2.12. The van der Waals surface area contributed by atoms with Crippen molar-refractivity contribution < 1.29 is 19.1 Å². The third kappa shape index (κ3) is 4.55. The van der Waals surface area contributed by atoms with Crippen LogP contribution in [0.1, 0.15) is 25.6 Å². The lowest BCUT2D eigenvalue weighted by molar-refractivity contribution is 0.0740. The number of thiophene rings is 1. The van der Waals surface area contributed by atoms with E-state index in [1.54, 1.807) is 37.4 Å². The standard InChI is InChI=1S/C24H18ClNO4S/c1-14-3-7-16(8-4-14)26-23(27)15-5-9-17(10-6-15)30-24(28)22-21(25)19-13-18(29-2)11-12-20(19)31-22/h3-13H,1-2H3,(H,26,27). The number of carbonyl (C=O) groups excluding carboxylic acids is 2. The Morgan fingerprint density at radius 2 is 1.61 bits per heavy atom. The fourth-order valence-corrected chi connectivity index (χ4v) is 4.33. The Hall–Kier alpha value is -3.35. The molecule has 0 saturated carbocycles. The van der Waals surface area contributed by atoms with E-state index in [4.69, 9.17) is 21.1 Å². The minimum Gasteiger partial charge on any atom is -0.497 e. The predicted octanol–water partition coefficient (Wildman–Crippen LogP) is 6.34. The molecule has 7 heteroatoms. The molecule has 0 aliphatic heterocycles. The molecule has 0 aliphatic carbocycles. The zero-order valence-electron chi connectivity index (χ0n) is 16.8. The van der Waals surface area contributed by atoms with Crippen molar-refractivity contribution in [1.29, 1.82) is 0 Å². The van der Waals surface area contributed by atoms with E-state index in [0.717, 1.165) is 15.6 Å². The monoisotopic (exact) mass is 451 g/mol. The molecule has 1 aromatic heterocycles. The molecule has 0 spiro atoms. The fourth-order valence-electron chi connectivity index (χ4n) is 2.97. The van der Waals surface area contributed by atoms with Gasteiger partial charge in [0.15, 0.2) is 0 Å². The highest BCUT2D eigenvalue weighted by Gasteiger charge is 2.20. The van der Waals surface area contributed by atoms with Crippen LogP contribution in [0.5, 0.6) is 11.5 Å². The van der Waals surface area contributed by atoms with Gasteiger partial charge >= 0.3 is 5.97 Å². The maximum Gasteiger partial charge on any atom is 0.355 e. The Kier molecular flexibility index (Phi) is 5.93. The number of nitrogens with one attached hydrogen (secondary N) is 1. The van der Waals surface area contributed by atoms with Gasteiger partial charge in [-0.3, -0.25) is 4.79 Å². The van der Waals surface area contributed by atoms with Crippen LogP contribution in [0.25, 0.3) is 10.1 Å². The van der Waals surface area contributed by atoms with E-state index in [1.165, 1.54) is 11.3 Å². The number of halogens is 1. The van der Waals surface area contributed by atoms with Crippen LogP contribution < -0.4 is 14.8 Å². The van der Waals surface area contributed by atoms with E-state index in [0.29, 0.717) is 32.6 Å². The van der Waals surface area contributed by atoms with Crippen LogP contribution in [-0.4, -0.2) is 19.0 Å². The molecule has 1 N–H and O–H groups in total. The second-order valence-corrected chi connectivity index (χ2v) is 8.27. The summed E-state index contributed by atoms with van der Waals surface area (Å²) in [6, 6.07) is 19.3. The number of fused-ring (bicyclic) bond motifs is 1. The average molecular weight is 452 g/mol. The molecular formula is C24H18ClNO4S. The minimum atomic E-state index is -0.554. The van der Waals surface area contributed by atoms with Crippen molar-refractivity contribution in [3.8, 4) is 11.5 Å². The molecular weight excluding hydrogens is 434 g/mol. The summed E-state index contributed by atoms with van der Waals surface area (Å²) in [5.41, 5.74) is 2.27. The number of aryl methyl sites for hydroxylation is 1. The molecule has 4 rings (SSSR count). The number of esters is 1. The van der Waals surface area contributed by atoms with Crippen LogP contribution in [0.4, 0.5) is 5.69 Å². The second kappa shape index (κ2) is 8.79. The highest BCUT2D eigenvalue weighted by atomic mass is 35.5. The quantitative estimate of drug-likeness (QED) is 0.284. The molecule has 0 radical (unpaired) electrons. The molecule has 0 bridgehead atoms. The molecule has 0 fully saturated rings. The van der Waals surface area contributed by atoms with Crippen LogP contribution >= 0.6 is 22.9 Å². The summed E-state index contributed by atoms with van der Waals surface area (Å²) >= 11 is 7.66. The Morgan fingerprint density at radius 3 is 2.29 bits per heavy atom. The zero-order valence-corrected chi connectivity index (χ0v) is 18.3. The average Bonchev–Trinajstić information content (AvgIpc) is 3.11. The van der Waals surface area contributed by atoms with Gasteiger partial charge in [-0.15, -0.1) is 11.3 Å². The summed E-state index contributed by atoms with van der Waals surface area (Å²) in [7, 11) is 1.57. The first-order valence-electron chi connectivity index (χ1n) is 9.41. The summed E-state index contributed by atoms with van der Waals surface area (Å²) in [4.78, 5) is 25.4. The number of amides is 1. The second-order valence-electron chi connectivity index (χ2n) is 6.84. The Bertz CT molecular complexity index is 1260. The normalized spacial score (nSPS) is 10.7. The van der Waals surface area contributed by atoms with Gasteiger partial charge in [-0.25, -0.2) is 4.79 Å². The van der Waals surface area contributed by atoms with Gasteiger partial charge in [0.05, 0.1) is 12.1 Å². The largest absolute Gasteiger partial charge is 0.497 e. The highest BCUT2D eigenvalue weighted by molar-refractivity contribution is 7.21. The summed E-state index contributed by atoms with van der Waals surface area (Å²) in [6.45, 7) is 1.98. The number of anilines is 1. The first-order valence-corrected chi connectivity index (χ1v) is 10.6. The SMILES string of the molecule is COc1ccc2sc(C(=O)Oc3ccc(C(=O)Nc4ccc(C)cc4)cc3)c(Cl)c2c1. The maximum atomic E-state index is 12.6. The van der Waals surface area contributed by atoms with E-state index in [9.17, 15) is 9.59 Å². The van der Waals surface area contributed by atoms with Gasteiger partial charge in [0, 0.05) is 21.3 Å². The summed E-state index contributed by atoms with van der Waals surface area (Å²) < 4.78 is 11.5. The van der Waals surface area contributed by atoms with Crippen LogP contribution in [0.3, 0.4) is 0 Å². The van der Waals surface area contributed by atoms with Crippen LogP contribution in [0.15, 0.2) is 66.7 Å². The predicted molar refractivity (Wildman–Crippen MR) is 124 cm³/mol. The molecule has 31 heavy (non-hydrogen) atoms. The summed E-state index contributed by atoms with van der Waals surface area (Å²) in [5.74, 6) is 0.180. The first kappa shape index (κ1) is 20.9. The molecule has 3 aromatic carbocycles. The number of benzene rings is 3. The molecule has 0 aliphatic rings. The molecule has 0 saturated heterocycles. The smallest absolute Gasteiger partial charge is 0.355 e. The summed E-state index contributed by atoms with van der Waals surface area (Å²) in [6.07, 6.45) is 0. The number of hydrogen-bond acceptors (Lipinski definition) is 5. The zero-order chi connectivity index (χ0) is 22.0. The van der Waals surface area contributed by atoms with Crippen molar-refractivity contribution in [2.24, 2.45) is 0 Å². The van der Waals surface area contributed by atoms with Crippen LogP contribution in [0.2, 0.25) is 5.02 Å². The molecule has 5 nitrogen and oxygen atoms in total. The Labute approximate surface area is 188 Å². The Morgan fingerprint density at radius 1 is 0.935 bits per heavy atom. The van der Waals surface area contributed by atoms with Gasteiger partial charge in [0.25, 0.3) is 5.91 Å². The number of ether oxygens (including phenoxy) is 2. The van der Waals surface area contributed by atoms with Gasteiger partial charge in [-0.05, 0) is 61.5 Å². The van der Waals surface area contributed by atoms with Crippen LogP contribution in [-0.2, 0) is 0 Å². The van der Waals surface area contributed by atoms with Crippen molar-refractivity contribution >= 4 is 50.6 Å². The van der Waals surface area contributed by atoms with E-state index in [-0.39, 0.29) is 5.91 Å². The van der Waals surface area contributed by atoms with Crippen molar-refractivity contribution in [2.45, 2.75) is 6.92 Å². The van der Waals surface area contributed by atoms with Gasteiger partial charge < -0.3 is 14.8 Å². The molecule has 0 atom stereocenters. The molecule has 1 amide bonds. The molecule has 4 aromatic rings. The van der Waals surface area contributed by atoms with E-state index < -0.39 is 5.97 Å². The third-order valence-electron chi connectivity index (χ3n) is 4.66. The first-order chi connectivity index (χ1) is 14.9.